The van der Waals surface area contributed by atoms with Crippen molar-refractivity contribution in [2.75, 3.05) is 11.9 Å². The van der Waals surface area contributed by atoms with Gasteiger partial charge in [-0.3, -0.25) is 4.79 Å². The Bertz CT molecular complexity index is 651. The highest BCUT2D eigenvalue weighted by Gasteiger charge is 2.07. The summed E-state index contributed by atoms with van der Waals surface area (Å²) in [6.45, 7) is 1.76. The van der Waals surface area contributed by atoms with E-state index < -0.39 is 0 Å². The van der Waals surface area contributed by atoms with Crippen molar-refractivity contribution in [3.63, 3.8) is 0 Å². The molecule has 3 nitrogen and oxygen atoms in total. The monoisotopic (exact) mass is 285 g/mol. The fourth-order valence-corrected chi connectivity index (χ4v) is 2.47. The highest BCUT2D eigenvalue weighted by atomic mass is 32.1. The van der Waals surface area contributed by atoms with Crippen LogP contribution in [-0.2, 0) is 11.2 Å². The van der Waals surface area contributed by atoms with Gasteiger partial charge in [0.15, 0.2) is 0 Å². The molecule has 20 heavy (non-hydrogen) atoms. The first-order chi connectivity index (χ1) is 9.69. The van der Waals surface area contributed by atoms with E-state index in [4.69, 9.17) is 5.11 Å². The van der Waals surface area contributed by atoms with E-state index in [1.807, 2.05) is 42.6 Å². The molecule has 0 bridgehead atoms. The molecule has 0 spiro atoms. The standard InChI is InChI=1S/C16H15NO2S/c1-12-6-7-13(4-2-8-18)15(10-12)17-16(19)11-14-5-3-9-20-14/h3,5-7,9-10,18H,8,11H2,1H3,(H,17,19). The first-order valence-electron chi connectivity index (χ1n) is 6.21. The zero-order chi connectivity index (χ0) is 14.4. The minimum Gasteiger partial charge on any atom is -0.384 e. The molecule has 102 valence electrons. The predicted octanol–water partition coefficient (Wildman–Crippen LogP) is 2.58. The number of aryl methyl sites for hydroxylation is 1. The zero-order valence-corrected chi connectivity index (χ0v) is 12.0. The van der Waals surface area contributed by atoms with Crippen LogP contribution in [0.25, 0.3) is 0 Å². The molecule has 0 atom stereocenters. The van der Waals surface area contributed by atoms with Crippen molar-refractivity contribution in [1.29, 1.82) is 0 Å². The second kappa shape index (κ2) is 6.90. The van der Waals surface area contributed by atoms with Gasteiger partial charge in [0.05, 0.1) is 12.1 Å². The maximum absolute atomic E-state index is 12.0. The first kappa shape index (κ1) is 14.3. The van der Waals surface area contributed by atoms with Crippen LogP contribution in [0.15, 0.2) is 35.7 Å². The smallest absolute Gasteiger partial charge is 0.229 e. The van der Waals surface area contributed by atoms with Crippen LogP contribution in [0, 0.1) is 18.8 Å². The van der Waals surface area contributed by atoms with Crippen LogP contribution in [0.5, 0.6) is 0 Å². The maximum atomic E-state index is 12.0. The Labute approximate surface area is 122 Å². The molecule has 1 amide bonds. The number of benzene rings is 1. The number of anilines is 1. The summed E-state index contributed by atoms with van der Waals surface area (Å²) in [5.41, 5.74) is 2.45. The molecule has 2 rings (SSSR count). The summed E-state index contributed by atoms with van der Waals surface area (Å²) >= 11 is 1.56. The fraction of sp³-hybridized carbons (Fsp3) is 0.188. The van der Waals surface area contributed by atoms with Crippen molar-refractivity contribution in [3.8, 4) is 11.8 Å². The lowest BCUT2D eigenvalue weighted by Crippen LogP contribution is -2.14. The molecule has 2 aromatic rings. The number of hydrogen-bond acceptors (Lipinski definition) is 3. The number of carbonyl (C=O) groups is 1. The van der Waals surface area contributed by atoms with Gasteiger partial charge in [-0.1, -0.05) is 24.0 Å². The first-order valence-corrected chi connectivity index (χ1v) is 7.09. The van der Waals surface area contributed by atoms with Crippen LogP contribution in [0.3, 0.4) is 0 Å². The Morgan fingerprint density at radius 1 is 1.40 bits per heavy atom. The van der Waals surface area contributed by atoms with Crippen LogP contribution >= 0.6 is 11.3 Å². The van der Waals surface area contributed by atoms with Crippen molar-refractivity contribution in [3.05, 3.63) is 51.7 Å². The van der Waals surface area contributed by atoms with Crippen molar-refractivity contribution in [1.82, 2.24) is 0 Å². The Balaban J connectivity index is 2.15. The molecule has 0 unspecified atom stereocenters. The summed E-state index contributed by atoms with van der Waals surface area (Å²) in [7, 11) is 0. The van der Waals surface area contributed by atoms with Crippen molar-refractivity contribution in [2.24, 2.45) is 0 Å². The number of amides is 1. The Morgan fingerprint density at radius 3 is 2.95 bits per heavy atom. The van der Waals surface area contributed by atoms with Gasteiger partial charge in [-0.2, -0.15) is 0 Å². The van der Waals surface area contributed by atoms with Gasteiger partial charge < -0.3 is 10.4 Å². The van der Waals surface area contributed by atoms with Gasteiger partial charge in [0.1, 0.15) is 6.61 Å². The third-order valence-corrected chi connectivity index (χ3v) is 3.54. The molecule has 1 heterocycles. The van der Waals surface area contributed by atoms with Crippen LogP contribution in [-0.4, -0.2) is 17.6 Å². The summed E-state index contributed by atoms with van der Waals surface area (Å²) in [5.74, 6) is 5.38. The lowest BCUT2D eigenvalue weighted by atomic mass is 10.1. The van der Waals surface area contributed by atoms with E-state index in [2.05, 4.69) is 17.2 Å². The number of thiophene rings is 1. The quantitative estimate of drug-likeness (QED) is 0.852. The second-order valence-electron chi connectivity index (χ2n) is 4.31. The average Bonchev–Trinajstić information content (AvgIpc) is 2.90. The maximum Gasteiger partial charge on any atom is 0.229 e. The van der Waals surface area contributed by atoms with Crippen molar-refractivity contribution in [2.45, 2.75) is 13.3 Å². The van der Waals surface area contributed by atoms with E-state index in [0.717, 1.165) is 10.4 Å². The van der Waals surface area contributed by atoms with Gasteiger partial charge in [0.25, 0.3) is 0 Å². The van der Waals surface area contributed by atoms with Crippen LogP contribution < -0.4 is 5.32 Å². The summed E-state index contributed by atoms with van der Waals surface area (Å²) in [4.78, 5) is 13.0. The Kier molecular flexibility index (Phi) is 4.94. The largest absolute Gasteiger partial charge is 0.384 e. The molecule has 4 heteroatoms. The molecule has 1 aromatic heterocycles. The van der Waals surface area contributed by atoms with Gasteiger partial charge in [0.2, 0.25) is 5.91 Å². The van der Waals surface area contributed by atoms with Crippen LogP contribution in [0.2, 0.25) is 0 Å². The van der Waals surface area contributed by atoms with E-state index >= 15 is 0 Å². The Hall–Kier alpha value is -2.09. The summed E-state index contributed by atoms with van der Waals surface area (Å²) in [6.07, 6.45) is 0.360. The molecule has 0 radical (unpaired) electrons. The third kappa shape index (κ3) is 3.95. The van der Waals surface area contributed by atoms with Crippen molar-refractivity contribution < 1.29 is 9.90 Å². The fourth-order valence-electron chi connectivity index (χ4n) is 1.77. The van der Waals surface area contributed by atoms with Gasteiger partial charge in [0, 0.05) is 10.4 Å². The SMILES string of the molecule is Cc1ccc(C#CCO)c(NC(=O)Cc2cccs2)c1. The van der Waals surface area contributed by atoms with E-state index in [-0.39, 0.29) is 12.5 Å². The summed E-state index contributed by atoms with van der Waals surface area (Å²) in [6, 6.07) is 9.52. The average molecular weight is 285 g/mol. The predicted molar refractivity (Wildman–Crippen MR) is 81.8 cm³/mol. The Morgan fingerprint density at radius 2 is 2.25 bits per heavy atom. The summed E-state index contributed by atoms with van der Waals surface area (Å²) in [5, 5.41) is 13.6. The van der Waals surface area contributed by atoms with Gasteiger partial charge in [-0.15, -0.1) is 11.3 Å². The molecule has 0 aliphatic rings. The second-order valence-corrected chi connectivity index (χ2v) is 5.35. The lowest BCUT2D eigenvalue weighted by Gasteiger charge is -2.08. The molecule has 2 N–H and O–H groups in total. The molecular formula is C16H15NO2S. The number of aliphatic hydroxyl groups excluding tert-OH is 1. The topological polar surface area (TPSA) is 49.3 Å². The highest BCUT2D eigenvalue weighted by molar-refractivity contribution is 7.10. The molecule has 0 saturated carbocycles. The number of nitrogens with one attached hydrogen (secondary N) is 1. The molecule has 0 fully saturated rings. The number of hydrogen-bond donors (Lipinski definition) is 2. The van der Waals surface area contributed by atoms with Crippen LogP contribution in [0.4, 0.5) is 5.69 Å². The number of aliphatic hydroxyl groups is 1. The number of carbonyl (C=O) groups excluding carboxylic acids is 1. The normalized spacial score (nSPS) is 9.70. The molecule has 0 saturated heterocycles. The van der Waals surface area contributed by atoms with E-state index in [0.29, 0.717) is 17.7 Å². The van der Waals surface area contributed by atoms with Gasteiger partial charge >= 0.3 is 0 Å². The van der Waals surface area contributed by atoms with Gasteiger partial charge in [-0.05, 0) is 36.1 Å². The van der Waals surface area contributed by atoms with E-state index in [9.17, 15) is 4.79 Å². The molecular weight excluding hydrogens is 270 g/mol. The minimum absolute atomic E-state index is 0.0647. The molecule has 0 aliphatic carbocycles. The lowest BCUT2D eigenvalue weighted by molar-refractivity contribution is -0.115. The van der Waals surface area contributed by atoms with E-state index in [1.54, 1.807) is 11.3 Å². The molecule has 1 aromatic carbocycles. The zero-order valence-electron chi connectivity index (χ0n) is 11.1. The van der Waals surface area contributed by atoms with Crippen LogP contribution in [0.1, 0.15) is 16.0 Å². The highest BCUT2D eigenvalue weighted by Crippen LogP contribution is 2.18. The third-order valence-electron chi connectivity index (χ3n) is 2.67. The minimum atomic E-state index is -0.198. The summed E-state index contributed by atoms with van der Waals surface area (Å²) < 4.78 is 0. The van der Waals surface area contributed by atoms with Gasteiger partial charge in [-0.25, -0.2) is 0 Å². The van der Waals surface area contributed by atoms with Crippen molar-refractivity contribution >= 4 is 22.9 Å². The number of rotatable bonds is 3. The van der Waals surface area contributed by atoms with E-state index in [1.165, 1.54) is 0 Å². The molecule has 0 aliphatic heterocycles.